The Bertz CT molecular complexity index is 560. The first-order chi connectivity index (χ1) is 8.75. The molecule has 0 amide bonds. The van der Waals surface area contributed by atoms with Crippen LogP contribution < -0.4 is 0 Å². The van der Waals surface area contributed by atoms with Crippen molar-refractivity contribution in [3.05, 3.63) is 82.9 Å². The monoisotopic (exact) mass is 234 g/mol. The lowest BCUT2D eigenvalue weighted by molar-refractivity contribution is 1.37. The molecule has 0 heterocycles. The normalized spacial score (nSPS) is 11.4. The summed E-state index contributed by atoms with van der Waals surface area (Å²) in [5.41, 5.74) is 5.13. The molecule has 2 aromatic rings. The van der Waals surface area contributed by atoms with Crippen LogP contribution in [-0.2, 0) is 0 Å². The number of hydrogen-bond acceptors (Lipinski definition) is 0. The van der Waals surface area contributed by atoms with Crippen LogP contribution in [-0.4, -0.2) is 0 Å². The molecule has 90 valence electrons. The molecule has 2 rings (SSSR count). The van der Waals surface area contributed by atoms with Gasteiger partial charge in [-0.3, -0.25) is 0 Å². The maximum Gasteiger partial charge on any atom is -0.0227 e. The summed E-state index contributed by atoms with van der Waals surface area (Å²) in [5, 5.41) is 0. The highest BCUT2D eigenvalue weighted by molar-refractivity contribution is 5.59. The minimum absolute atomic E-state index is 1.22. The fourth-order valence-corrected chi connectivity index (χ4v) is 1.90. The van der Waals surface area contributed by atoms with Crippen molar-refractivity contribution in [2.45, 2.75) is 13.8 Å². The maximum atomic E-state index is 2.21. The zero-order chi connectivity index (χ0) is 12.8. The van der Waals surface area contributed by atoms with Gasteiger partial charge >= 0.3 is 0 Å². The van der Waals surface area contributed by atoms with Gasteiger partial charge in [0.15, 0.2) is 0 Å². The molecule has 18 heavy (non-hydrogen) atoms. The summed E-state index contributed by atoms with van der Waals surface area (Å²) in [6.45, 7) is 4.27. The van der Waals surface area contributed by atoms with Crippen molar-refractivity contribution in [1.29, 1.82) is 0 Å². The number of rotatable bonds is 3. The molecule has 0 atom stereocenters. The molecule has 0 unspecified atom stereocenters. The molecular weight excluding hydrogens is 216 g/mol. The number of aryl methyl sites for hydroxylation is 2. The van der Waals surface area contributed by atoms with E-state index in [9.17, 15) is 0 Å². The Balaban J connectivity index is 2.06. The lowest BCUT2D eigenvalue weighted by Gasteiger charge is -2.00. The van der Waals surface area contributed by atoms with Crippen LogP contribution in [0.1, 0.15) is 22.3 Å². The SMILES string of the molecule is Cc1ccc(/C=C/C=C/c2ccccc2)c(C)c1. The van der Waals surface area contributed by atoms with Crippen molar-refractivity contribution in [1.82, 2.24) is 0 Å². The molecule has 0 saturated carbocycles. The molecule has 0 bridgehead atoms. The van der Waals surface area contributed by atoms with Crippen molar-refractivity contribution in [2.75, 3.05) is 0 Å². The molecule has 0 aliphatic rings. The summed E-state index contributed by atoms with van der Waals surface area (Å²) < 4.78 is 0. The second-order valence-corrected chi connectivity index (χ2v) is 4.49. The van der Waals surface area contributed by atoms with E-state index in [4.69, 9.17) is 0 Å². The van der Waals surface area contributed by atoms with E-state index < -0.39 is 0 Å². The Morgan fingerprint density at radius 2 is 1.50 bits per heavy atom. The largest absolute Gasteiger partial charge is 0.0622 e. The van der Waals surface area contributed by atoms with E-state index in [0.29, 0.717) is 0 Å². The van der Waals surface area contributed by atoms with E-state index in [2.05, 4.69) is 68.5 Å². The zero-order valence-corrected chi connectivity index (χ0v) is 10.9. The molecule has 0 aliphatic heterocycles. The number of benzene rings is 2. The molecule has 0 aliphatic carbocycles. The van der Waals surface area contributed by atoms with Crippen molar-refractivity contribution in [3.8, 4) is 0 Å². The van der Waals surface area contributed by atoms with Crippen LogP contribution in [0.4, 0.5) is 0 Å². The fraction of sp³-hybridized carbons (Fsp3) is 0.111. The molecular formula is C18H18. The van der Waals surface area contributed by atoms with Crippen LogP contribution in [0.2, 0.25) is 0 Å². The molecule has 0 aromatic heterocycles. The van der Waals surface area contributed by atoms with Crippen LogP contribution in [0.5, 0.6) is 0 Å². The first kappa shape index (κ1) is 12.4. The zero-order valence-electron chi connectivity index (χ0n) is 10.9. The molecule has 0 fully saturated rings. The van der Waals surface area contributed by atoms with Gasteiger partial charge in [0.1, 0.15) is 0 Å². The Morgan fingerprint density at radius 3 is 2.22 bits per heavy atom. The smallest absolute Gasteiger partial charge is 0.0227 e. The van der Waals surface area contributed by atoms with Gasteiger partial charge in [0.05, 0.1) is 0 Å². The van der Waals surface area contributed by atoms with Crippen LogP contribution in [0, 0.1) is 13.8 Å². The van der Waals surface area contributed by atoms with Crippen LogP contribution >= 0.6 is 0 Å². The van der Waals surface area contributed by atoms with E-state index in [1.807, 2.05) is 18.2 Å². The minimum atomic E-state index is 1.22. The quantitative estimate of drug-likeness (QED) is 0.653. The highest BCUT2D eigenvalue weighted by Crippen LogP contribution is 2.12. The van der Waals surface area contributed by atoms with Gasteiger partial charge in [0.25, 0.3) is 0 Å². The van der Waals surface area contributed by atoms with E-state index >= 15 is 0 Å². The van der Waals surface area contributed by atoms with Gasteiger partial charge < -0.3 is 0 Å². The van der Waals surface area contributed by atoms with Gasteiger partial charge in [-0.05, 0) is 30.5 Å². The van der Waals surface area contributed by atoms with E-state index in [0.717, 1.165) is 0 Å². The second-order valence-electron chi connectivity index (χ2n) is 4.49. The average Bonchev–Trinajstić information content (AvgIpc) is 2.38. The van der Waals surface area contributed by atoms with Gasteiger partial charge in [-0.1, -0.05) is 78.4 Å². The molecule has 0 saturated heterocycles. The summed E-state index contributed by atoms with van der Waals surface area (Å²) in [6.07, 6.45) is 8.42. The van der Waals surface area contributed by atoms with Gasteiger partial charge in [0, 0.05) is 0 Å². The fourth-order valence-electron chi connectivity index (χ4n) is 1.90. The van der Waals surface area contributed by atoms with Gasteiger partial charge in [-0.25, -0.2) is 0 Å². The first-order valence-corrected chi connectivity index (χ1v) is 6.23. The Kier molecular flexibility index (Phi) is 4.14. The Morgan fingerprint density at radius 1 is 0.778 bits per heavy atom. The van der Waals surface area contributed by atoms with Crippen LogP contribution in [0.3, 0.4) is 0 Å². The topological polar surface area (TPSA) is 0 Å². The van der Waals surface area contributed by atoms with Crippen molar-refractivity contribution in [2.24, 2.45) is 0 Å². The molecule has 0 heteroatoms. The Labute approximate surface area is 109 Å². The van der Waals surface area contributed by atoms with Crippen molar-refractivity contribution >= 4 is 12.2 Å². The molecule has 0 spiro atoms. The third kappa shape index (κ3) is 3.46. The van der Waals surface area contributed by atoms with Crippen molar-refractivity contribution < 1.29 is 0 Å². The maximum absolute atomic E-state index is 2.21. The number of allylic oxidation sites excluding steroid dienone is 2. The highest BCUT2D eigenvalue weighted by Gasteiger charge is 1.92. The average molecular weight is 234 g/mol. The second kappa shape index (κ2) is 6.02. The summed E-state index contributed by atoms with van der Waals surface area (Å²) in [4.78, 5) is 0. The van der Waals surface area contributed by atoms with Crippen molar-refractivity contribution in [3.63, 3.8) is 0 Å². The van der Waals surface area contributed by atoms with Gasteiger partial charge in [-0.2, -0.15) is 0 Å². The molecule has 0 radical (unpaired) electrons. The summed E-state index contributed by atoms with van der Waals surface area (Å²) in [7, 11) is 0. The van der Waals surface area contributed by atoms with Gasteiger partial charge in [0.2, 0.25) is 0 Å². The lowest BCUT2D eigenvalue weighted by Crippen LogP contribution is -1.81. The predicted molar refractivity (Wildman–Crippen MR) is 80.4 cm³/mol. The summed E-state index contributed by atoms with van der Waals surface area (Å²) >= 11 is 0. The molecule has 0 nitrogen and oxygen atoms in total. The van der Waals surface area contributed by atoms with E-state index in [-0.39, 0.29) is 0 Å². The highest BCUT2D eigenvalue weighted by atomic mass is 14.0. The molecule has 0 N–H and O–H groups in total. The lowest BCUT2D eigenvalue weighted by atomic mass is 10.1. The first-order valence-electron chi connectivity index (χ1n) is 6.23. The van der Waals surface area contributed by atoms with Gasteiger partial charge in [-0.15, -0.1) is 0 Å². The predicted octanol–water partition coefficient (Wildman–Crippen LogP) is 5.03. The van der Waals surface area contributed by atoms with Crippen LogP contribution in [0.25, 0.3) is 12.2 Å². The number of hydrogen-bond donors (Lipinski definition) is 0. The third-order valence-electron chi connectivity index (χ3n) is 2.90. The van der Waals surface area contributed by atoms with Crippen LogP contribution in [0.15, 0.2) is 60.7 Å². The standard InChI is InChI=1S/C18H18/c1-15-12-13-18(16(2)14-15)11-7-6-10-17-8-4-3-5-9-17/h3-14H,1-2H3/b10-6+,11-7+. The van der Waals surface area contributed by atoms with E-state index in [1.54, 1.807) is 0 Å². The summed E-state index contributed by atoms with van der Waals surface area (Å²) in [5.74, 6) is 0. The third-order valence-corrected chi connectivity index (χ3v) is 2.90. The van der Waals surface area contributed by atoms with E-state index in [1.165, 1.54) is 22.3 Å². The summed E-state index contributed by atoms with van der Waals surface area (Å²) in [6, 6.07) is 16.8. The molecule has 2 aromatic carbocycles. The Hall–Kier alpha value is -2.08. The minimum Gasteiger partial charge on any atom is -0.0622 e.